The third-order valence-corrected chi connectivity index (χ3v) is 4.59. The van der Waals surface area contributed by atoms with E-state index in [0.717, 1.165) is 31.2 Å². The van der Waals surface area contributed by atoms with E-state index < -0.39 is 0 Å². The lowest BCUT2D eigenvalue weighted by molar-refractivity contribution is -0.140. The molecule has 1 amide bonds. The molecular formula is C21H23NO3. The van der Waals surface area contributed by atoms with Gasteiger partial charge in [-0.15, -0.1) is 0 Å². The lowest BCUT2D eigenvalue weighted by Gasteiger charge is -2.20. The topological polar surface area (TPSA) is 55.4 Å². The van der Waals surface area contributed by atoms with Crippen molar-refractivity contribution in [1.82, 2.24) is 0 Å². The van der Waals surface area contributed by atoms with Gasteiger partial charge in [0.05, 0.1) is 11.5 Å². The molecule has 1 saturated carbocycles. The van der Waals surface area contributed by atoms with Crippen molar-refractivity contribution in [3.63, 3.8) is 0 Å². The van der Waals surface area contributed by atoms with E-state index >= 15 is 0 Å². The molecule has 0 atom stereocenters. The summed E-state index contributed by atoms with van der Waals surface area (Å²) in [6.45, 7) is 1.99. The van der Waals surface area contributed by atoms with E-state index in [0.29, 0.717) is 17.0 Å². The fraction of sp³-hybridized carbons (Fsp3) is 0.333. The van der Waals surface area contributed by atoms with Crippen LogP contribution in [0.15, 0.2) is 48.5 Å². The van der Waals surface area contributed by atoms with Gasteiger partial charge in [0.2, 0.25) is 0 Å². The van der Waals surface area contributed by atoms with E-state index in [9.17, 15) is 9.59 Å². The number of amides is 1. The maximum Gasteiger partial charge on any atom is 0.314 e. The van der Waals surface area contributed by atoms with Crippen molar-refractivity contribution in [1.29, 1.82) is 0 Å². The quantitative estimate of drug-likeness (QED) is 0.648. The Morgan fingerprint density at radius 1 is 0.960 bits per heavy atom. The summed E-state index contributed by atoms with van der Waals surface area (Å²) in [5, 5.41) is 2.85. The monoisotopic (exact) mass is 337 g/mol. The van der Waals surface area contributed by atoms with Crippen LogP contribution in [0.3, 0.4) is 0 Å². The van der Waals surface area contributed by atoms with Gasteiger partial charge in [0.15, 0.2) is 0 Å². The average Bonchev–Trinajstić information content (AvgIpc) is 2.64. The number of benzene rings is 2. The molecule has 4 heteroatoms. The fourth-order valence-corrected chi connectivity index (χ4v) is 3.11. The van der Waals surface area contributed by atoms with Gasteiger partial charge in [0, 0.05) is 5.69 Å². The lowest BCUT2D eigenvalue weighted by Crippen LogP contribution is -2.24. The first-order chi connectivity index (χ1) is 12.1. The standard InChI is InChI=1S/C21H23NO3/c1-15-11-13-17(14-12-15)22-20(23)18-9-5-6-10-19(18)25-21(24)16-7-3-2-4-8-16/h5-6,9-14,16H,2-4,7-8H2,1H3,(H,22,23). The normalized spacial score (nSPS) is 14.8. The van der Waals surface area contributed by atoms with E-state index in [1.165, 1.54) is 6.42 Å². The molecule has 3 rings (SSSR count). The molecule has 0 aliphatic heterocycles. The van der Waals surface area contributed by atoms with Crippen LogP contribution in [0, 0.1) is 12.8 Å². The molecule has 1 aliphatic rings. The second kappa shape index (κ2) is 7.97. The molecule has 1 aliphatic carbocycles. The summed E-state index contributed by atoms with van der Waals surface area (Å²) in [5.41, 5.74) is 2.20. The van der Waals surface area contributed by atoms with Crippen LogP contribution >= 0.6 is 0 Å². The first-order valence-corrected chi connectivity index (χ1v) is 8.82. The van der Waals surface area contributed by atoms with Crippen LogP contribution in [0.5, 0.6) is 5.75 Å². The van der Waals surface area contributed by atoms with Gasteiger partial charge >= 0.3 is 5.97 Å². The van der Waals surface area contributed by atoms with Crippen molar-refractivity contribution in [3.05, 3.63) is 59.7 Å². The molecular weight excluding hydrogens is 314 g/mol. The van der Waals surface area contributed by atoms with E-state index in [-0.39, 0.29) is 17.8 Å². The number of aryl methyl sites for hydroxylation is 1. The Morgan fingerprint density at radius 2 is 1.64 bits per heavy atom. The predicted molar refractivity (Wildman–Crippen MR) is 97.8 cm³/mol. The Balaban J connectivity index is 1.72. The van der Waals surface area contributed by atoms with Gasteiger partial charge in [0.1, 0.15) is 5.75 Å². The zero-order valence-corrected chi connectivity index (χ0v) is 14.5. The summed E-state index contributed by atoms with van der Waals surface area (Å²) in [6.07, 6.45) is 5.05. The van der Waals surface area contributed by atoms with E-state index in [4.69, 9.17) is 4.74 Å². The van der Waals surface area contributed by atoms with Crippen molar-refractivity contribution in [2.75, 3.05) is 5.32 Å². The molecule has 0 unspecified atom stereocenters. The molecule has 0 spiro atoms. The Labute approximate surface area is 148 Å². The van der Waals surface area contributed by atoms with Gasteiger partial charge in [-0.3, -0.25) is 9.59 Å². The number of carbonyl (C=O) groups excluding carboxylic acids is 2. The van der Waals surface area contributed by atoms with Crippen LogP contribution in [0.4, 0.5) is 5.69 Å². The van der Waals surface area contributed by atoms with E-state index in [1.54, 1.807) is 24.3 Å². The van der Waals surface area contributed by atoms with Gasteiger partial charge in [-0.1, -0.05) is 49.1 Å². The number of anilines is 1. The molecule has 1 N–H and O–H groups in total. The van der Waals surface area contributed by atoms with Crippen LogP contribution in [0.1, 0.15) is 48.0 Å². The van der Waals surface area contributed by atoms with Gasteiger partial charge in [-0.25, -0.2) is 0 Å². The summed E-state index contributed by atoms with van der Waals surface area (Å²) in [4.78, 5) is 25.0. The highest BCUT2D eigenvalue weighted by molar-refractivity contribution is 6.06. The minimum absolute atomic E-state index is 0.0537. The Hall–Kier alpha value is -2.62. The largest absolute Gasteiger partial charge is 0.425 e. The highest BCUT2D eigenvalue weighted by Crippen LogP contribution is 2.27. The summed E-state index contributed by atoms with van der Waals surface area (Å²) >= 11 is 0. The number of carbonyl (C=O) groups is 2. The second-order valence-electron chi connectivity index (χ2n) is 6.57. The number of para-hydroxylation sites is 1. The third kappa shape index (κ3) is 4.47. The molecule has 0 bridgehead atoms. The highest BCUT2D eigenvalue weighted by atomic mass is 16.5. The van der Waals surface area contributed by atoms with Crippen LogP contribution in [-0.4, -0.2) is 11.9 Å². The highest BCUT2D eigenvalue weighted by Gasteiger charge is 2.24. The van der Waals surface area contributed by atoms with Gasteiger partial charge in [0.25, 0.3) is 5.91 Å². The van der Waals surface area contributed by atoms with Crippen LogP contribution < -0.4 is 10.1 Å². The van der Waals surface area contributed by atoms with Gasteiger partial charge in [-0.05, 0) is 44.0 Å². The van der Waals surface area contributed by atoms with Gasteiger partial charge in [-0.2, -0.15) is 0 Å². The zero-order valence-electron chi connectivity index (χ0n) is 14.5. The molecule has 25 heavy (non-hydrogen) atoms. The summed E-state index contributed by atoms with van der Waals surface area (Å²) in [6, 6.07) is 14.5. The number of hydrogen-bond donors (Lipinski definition) is 1. The van der Waals surface area contributed by atoms with Crippen LogP contribution in [0.2, 0.25) is 0 Å². The van der Waals surface area contributed by atoms with Crippen molar-refractivity contribution >= 4 is 17.6 Å². The fourth-order valence-electron chi connectivity index (χ4n) is 3.11. The second-order valence-corrected chi connectivity index (χ2v) is 6.57. The molecule has 0 saturated heterocycles. The van der Waals surface area contributed by atoms with Crippen molar-refractivity contribution in [2.24, 2.45) is 5.92 Å². The third-order valence-electron chi connectivity index (χ3n) is 4.59. The van der Waals surface area contributed by atoms with Crippen molar-refractivity contribution < 1.29 is 14.3 Å². The maximum atomic E-state index is 12.6. The zero-order chi connectivity index (χ0) is 17.6. The Kier molecular flexibility index (Phi) is 5.49. The molecule has 0 radical (unpaired) electrons. The Morgan fingerprint density at radius 3 is 2.36 bits per heavy atom. The minimum Gasteiger partial charge on any atom is -0.425 e. The number of esters is 1. The summed E-state index contributed by atoms with van der Waals surface area (Å²) in [7, 11) is 0. The predicted octanol–water partition coefficient (Wildman–Crippen LogP) is 4.73. The Bertz CT molecular complexity index is 746. The number of ether oxygens (including phenoxy) is 1. The first-order valence-electron chi connectivity index (χ1n) is 8.82. The number of nitrogens with one attached hydrogen (secondary N) is 1. The molecule has 4 nitrogen and oxygen atoms in total. The molecule has 130 valence electrons. The minimum atomic E-state index is -0.282. The van der Waals surface area contributed by atoms with Crippen LogP contribution in [0.25, 0.3) is 0 Å². The molecule has 1 fully saturated rings. The lowest BCUT2D eigenvalue weighted by atomic mass is 9.89. The maximum absolute atomic E-state index is 12.6. The van der Waals surface area contributed by atoms with E-state index in [2.05, 4.69) is 5.32 Å². The number of rotatable bonds is 4. The smallest absolute Gasteiger partial charge is 0.314 e. The molecule has 2 aromatic carbocycles. The number of hydrogen-bond acceptors (Lipinski definition) is 3. The van der Waals surface area contributed by atoms with Crippen molar-refractivity contribution in [2.45, 2.75) is 39.0 Å². The first kappa shape index (κ1) is 17.2. The SMILES string of the molecule is Cc1ccc(NC(=O)c2ccccc2OC(=O)C2CCCCC2)cc1. The molecule has 2 aromatic rings. The van der Waals surface area contributed by atoms with Crippen LogP contribution in [-0.2, 0) is 4.79 Å². The van der Waals surface area contributed by atoms with Crippen molar-refractivity contribution in [3.8, 4) is 5.75 Å². The molecule has 0 heterocycles. The summed E-state index contributed by atoms with van der Waals surface area (Å²) < 4.78 is 5.56. The average molecular weight is 337 g/mol. The molecule has 0 aromatic heterocycles. The summed E-state index contributed by atoms with van der Waals surface area (Å²) in [5.74, 6) is -0.240. The van der Waals surface area contributed by atoms with Gasteiger partial charge < -0.3 is 10.1 Å². The van der Waals surface area contributed by atoms with E-state index in [1.807, 2.05) is 31.2 Å².